The number of hydrogen-bond donors (Lipinski definition) is 0. The molecule has 0 aromatic heterocycles. The Morgan fingerprint density at radius 3 is 2.58 bits per heavy atom. The molecule has 0 bridgehead atoms. The molecule has 0 saturated heterocycles. The van der Waals surface area contributed by atoms with E-state index in [0.717, 1.165) is 10.9 Å². The fourth-order valence-corrected chi connectivity index (χ4v) is 1.75. The van der Waals surface area contributed by atoms with Crippen molar-refractivity contribution < 1.29 is 0 Å². The van der Waals surface area contributed by atoms with Gasteiger partial charge >= 0.3 is 0 Å². The summed E-state index contributed by atoms with van der Waals surface area (Å²) in [5, 5.41) is 0. The van der Waals surface area contributed by atoms with Gasteiger partial charge in [0.25, 0.3) is 0 Å². The van der Waals surface area contributed by atoms with Crippen LogP contribution in [0.5, 0.6) is 0 Å². The number of benzene rings is 1. The molecule has 0 unspecified atom stereocenters. The highest BCUT2D eigenvalue weighted by molar-refractivity contribution is 9.10. The second-order valence-electron chi connectivity index (χ2n) is 3.57. The van der Waals surface area contributed by atoms with E-state index in [1.165, 1.54) is 5.56 Å². The summed E-state index contributed by atoms with van der Waals surface area (Å²) >= 11 is 8.73. The van der Waals surface area contributed by atoms with Gasteiger partial charge in [-0.2, -0.15) is 0 Å². The van der Waals surface area contributed by atoms with Crippen LogP contribution in [0.3, 0.4) is 0 Å². The van der Waals surface area contributed by atoms with Crippen molar-refractivity contribution in [2.75, 3.05) is 0 Å². The van der Waals surface area contributed by atoms with Crippen molar-refractivity contribution in [2.24, 2.45) is 0 Å². The lowest BCUT2D eigenvalue weighted by Gasteiger charge is -2.15. The minimum Gasteiger partial charge on any atom is -0.0870 e. The third-order valence-corrected chi connectivity index (χ3v) is 2.16. The first kappa shape index (κ1) is 10.1. The van der Waals surface area contributed by atoms with Gasteiger partial charge in [0, 0.05) is 9.22 Å². The van der Waals surface area contributed by atoms with Gasteiger partial charge in [0.15, 0.2) is 0 Å². The molecule has 0 aliphatic rings. The van der Waals surface area contributed by atoms with Crippen molar-refractivity contribution in [1.29, 1.82) is 0 Å². The van der Waals surface area contributed by atoms with E-state index in [0.29, 0.717) is 0 Å². The smallest absolute Gasteiger partial charge is 0.0247 e. The van der Waals surface area contributed by atoms with E-state index in [9.17, 15) is 0 Å². The Balaban J connectivity index is 2.77. The highest BCUT2D eigenvalue weighted by Crippen LogP contribution is 2.21. The molecule has 0 fully saturated rings. The molecule has 0 aliphatic heterocycles. The van der Waals surface area contributed by atoms with E-state index in [4.69, 9.17) is 12.6 Å². The molecule has 0 spiro atoms. The van der Waals surface area contributed by atoms with Crippen LogP contribution >= 0.6 is 28.6 Å². The maximum Gasteiger partial charge on any atom is 0.0247 e. The zero-order chi connectivity index (χ0) is 9.19. The normalized spacial score (nSPS) is 11.7. The zero-order valence-electron chi connectivity index (χ0n) is 7.30. The molecule has 0 nitrogen and oxygen atoms in total. The van der Waals surface area contributed by atoms with Gasteiger partial charge in [-0.25, -0.2) is 0 Å². The van der Waals surface area contributed by atoms with Crippen LogP contribution in [0.15, 0.2) is 28.7 Å². The van der Waals surface area contributed by atoms with E-state index in [1.807, 2.05) is 12.1 Å². The summed E-state index contributed by atoms with van der Waals surface area (Å²) in [6.07, 6.45) is 0.946. The Morgan fingerprint density at radius 1 is 1.42 bits per heavy atom. The van der Waals surface area contributed by atoms with Gasteiger partial charge in [-0.3, -0.25) is 0 Å². The first-order chi connectivity index (χ1) is 5.47. The summed E-state index contributed by atoms with van der Waals surface area (Å²) in [7, 11) is 0. The van der Waals surface area contributed by atoms with Crippen LogP contribution in [0.25, 0.3) is 0 Å². The van der Waals surface area contributed by atoms with Gasteiger partial charge in [-0.05, 0) is 38.0 Å². The molecule has 12 heavy (non-hydrogen) atoms. The Bertz CT molecular complexity index is 263. The standard InChI is InChI=1S/C10H12BrS/c1-10(2,12)7-8-4-3-5-9(11)6-8/h3-6H,7H2,1-2H3. The van der Waals surface area contributed by atoms with E-state index in [1.54, 1.807) is 0 Å². The summed E-state index contributed by atoms with van der Waals surface area (Å²) in [6, 6.07) is 8.30. The summed E-state index contributed by atoms with van der Waals surface area (Å²) in [4.78, 5) is 0. The van der Waals surface area contributed by atoms with Crippen LogP contribution in [0.1, 0.15) is 19.4 Å². The van der Waals surface area contributed by atoms with Crippen molar-refractivity contribution in [3.8, 4) is 0 Å². The Morgan fingerprint density at radius 2 is 2.08 bits per heavy atom. The molecule has 1 rings (SSSR count). The number of rotatable bonds is 2. The van der Waals surface area contributed by atoms with Crippen LogP contribution in [-0.4, -0.2) is 4.75 Å². The van der Waals surface area contributed by atoms with Gasteiger partial charge < -0.3 is 0 Å². The highest BCUT2D eigenvalue weighted by atomic mass is 79.9. The van der Waals surface area contributed by atoms with Crippen molar-refractivity contribution in [2.45, 2.75) is 25.0 Å². The molecule has 1 aromatic carbocycles. The first-order valence-electron chi connectivity index (χ1n) is 3.92. The maximum atomic E-state index is 5.29. The topological polar surface area (TPSA) is 0 Å². The molecule has 0 saturated carbocycles. The second kappa shape index (κ2) is 3.84. The monoisotopic (exact) mass is 243 g/mol. The Hall–Kier alpha value is 0.0500. The lowest BCUT2D eigenvalue weighted by Crippen LogP contribution is -2.13. The maximum absolute atomic E-state index is 5.29. The molecule has 0 atom stereocenters. The van der Waals surface area contributed by atoms with Crippen molar-refractivity contribution in [1.82, 2.24) is 0 Å². The van der Waals surface area contributed by atoms with Gasteiger partial charge in [-0.15, -0.1) is 0 Å². The van der Waals surface area contributed by atoms with E-state index in [-0.39, 0.29) is 4.75 Å². The first-order valence-corrected chi connectivity index (χ1v) is 5.12. The SMILES string of the molecule is CC(C)([S])Cc1cccc(Br)c1. The minimum absolute atomic E-state index is 0.0409. The van der Waals surface area contributed by atoms with Crippen molar-refractivity contribution >= 4 is 28.6 Å². The molecule has 2 heteroatoms. The molecular weight excluding hydrogens is 232 g/mol. The molecule has 1 aromatic rings. The van der Waals surface area contributed by atoms with Crippen LogP contribution in [0.2, 0.25) is 0 Å². The van der Waals surface area contributed by atoms with Crippen LogP contribution in [-0.2, 0) is 6.42 Å². The predicted molar refractivity (Wildman–Crippen MR) is 59.5 cm³/mol. The average molecular weight is 244 g/mol. The lowest BCUT2D eigenvalue weighted by atomic mass is 10.0. The summed E-state index contributed by atoms with van der Waals surface area (Å²) in [5.74, 6) is 0. The van der Waals surface area contributed by atoms with Crippen molar-refractivity contribution in [3.05, 3.63) is 34.3 Å². The quantitative estimate of drug-likeness (QED) is 0.738. The van der Waals surface area contributed by atoms with Gasteiger partial charge in [0.2, 0.25) is 0 Å². The summed E-state index contributed by atoms with van der Waals surface area (Å²) < 4.78 is 1.08. The molecule has 1 radical (unpaired) electrons. The van der Waals surface area contributed by atoms with Crippen LogP contribution in [0, 0.1) is 0 Å². The molecule has 0 heterocycles. The van der Waals surface area contributed by atoms with Gasteiger partial charge in [0.1, 0.15) is 0 Å². The minimum atomic E-state index is -0.0409. The predicted octanol–water partition coefficient (Wildman–Crippen LogP) is 3.97. The number of halogens is 1. The molecular formula is C10H12BrS. The molecule has 0 N–H and O–H groups in total. The Labute approximate surface area is 87.9 Å². The zero-order valence-corrected chi connectivity index (χ0v) is 9.71. The molecule has 65 valence electrons. The largest absolute Gasteiger partial charge is 0.0870 e. The fraction of sp³-hybridized carbons (Fsp3) is 0.400. The van der Waals surface area contributed by atoms with E-state index >= 15 is 0 Å². The summed E-state index contributed by atoms with van der Waals surface area (Å²) in [6.45, 7) is 4.15. The lowest BCUT2D eigenvalue weighted by molar-refractivity contribution is 0.714. The van der Waals surface area contributed by atoms with Crippen molar-refractivity contribution in [3.63, 3.8) is 0 Å². The van der Waals surface area contributed by atoms with E-state index < -0.39 is 0 Å². The van der Waals surface area contributed by atoms with Crippen LogP contribution < -0.4 is 0 Å². The Kier molecular flexibility index (Phi) is 3.24. The fourth-order valence-electron chi connectivity index (χ4n) is 1.14. The van der Waals surface area contributed by atoms with E-state index in [2.05, 4.69) is 41.9 Å². The second-order valence-corrected chi connectivity index (χ2v) is 5.59. The summed E-state index contributed by atoms with van der Waals surface area (Å²) in [5.41, 5.74) is 1.30. The molecule has 0 amide bonds. The average Bonchev–Trinajstić information content (AvgIpc) is 1.82. The van der Waals surface area contributed by atoms with Crippen LogP contribution in [0.4, 0.5) is 0 Å². The third-order valence-electron chi connectivity index (χ3n) is 1.52. The van der Waals surface area contributed by atoms with Gasteiger partial charge in [-0.1, -0.05) is 40.7 Å². The third kappa shape index (κ3) is 3.63. The number of hydrogen-bond acceptors (Lipinski definition) is 0. The van der Waals surface area contributed by atoms with Gasteiger partial charge in [0.05, 0.1) is 0 Å². The molecule has 0 aliphatic carbocycles. The highest BCUT2D eigenvalue weighted by Gasteiger charge is 2.12.